The van der Waals surface area contributed by atoms with Gasteiger partial charge < -0.3 is 20.1 Å². The van der Waals surface area contributed by atoms with E-state index in [-0.39, 0.29) is 11.9 Å². The number of ether oxygens (including phenoxy) is 2. The molecule has 25 heavy (non-hydrogen) atoms. The van der Waals surface area contributed by atoms with Crippen molar-refractivity contribution in [1.29, 1.82) is 0 Å². The molecule has 140 valence electrons. The fraction of sp³-hybridized carbons (Fsp3) is 0.579. The molecule has 1 rings (SSSR count). The molecule has 6 nitrogen and oxygen atoms in total. The second-order valence-corrected chi connectivity index (χ2v) is 6.38. The fourth-order valence-corrected chi connectivity index (χ4v) is 2.34. The molecule has 0 aliphatic carbocycles. The van der Waals surface area contributed by atoms with Crippen LogP contribution in [-0.4, -0.2) is 37.3 Å². The molecule has 0 heterocycles. The molecule has 0 fully saturated rings. The number of alkyl carbamates (subject to hydrolysis) is 1. The van der Waals surface area contributed by atoms with Gasteiger partial charge >= 0.3 is 6.09 Å². The summed E-state index contributed by atoms with van der Waals surface area (Å²) >= 11 is 0. The van der Waals surface area contributed by atoms with E-state index in [0.717, 1.165) is 12.0 Å². The first-order valence-electron chi connectivity index (χ1n) is 8.78. The molecule has 0 aliphatic rings. The van der Waals surface area contributed by atoms with Crippen LogP contribution in [0.15, 0.2) is 30.3 Å². The van der Waals surface area contributed by atoms with Gasteiger partial charge in [-0.25, -0.2) is 4.79 Å². The number of benzene rings is 1. The van der Waals surface area contributed by atoms with Crippen LogP contribution in [0.1, 0.15) is 39.7 Å². The minimum Gasteiger partial charge on any atom is -0.450 e. The molecule has 0 bridgehead atoms. The van der Waals surface area contributed by atoms with Gasteiger partial charge in [0.15, 0.2) is 0 Å². The van der Waals surface area contributed by atoms with E-state index in [2.05, 4.69) is 24.5 Å². The minimum atomic E-state index is -0.567. The van der Waals surface area contributed by atoms with Gasteiger partial charge in [0.2, 0.25) is 5.91 Å². The molecular weight excluding hydrogens is 320 g/mol. The SMILES string of the molecule is CCOC(=O)N[C@@H](CNC(=O)[C@H](C)OCc1ccccc1)CC(C)C. The molecule has 0 saturated carbocycles. The highest BCUT2D eigenvalue weighted by molar-refractivity contribution is 5.80. The standard InChI is InChI=1S/C19H30N2O4/c1-5-24-19(23)21-17(11-14(2)3)12-20-18(22)15(4)25-13-16-9-7-6-8-10-16/h6-10,14-15,17H,5,11-13H2,1-4H3,(H,20,22)(H,21,23)/t15-,17+/m0/s1. The molecule has 1 aromatic carbocycles. The molecular formula is C19H30N2O4. The lowest BCUT2D eigenvalue weighted by molar-refractivity contribution is -0.132. The Hall–Kier alpha value is -2.08. The van der Waals surface area contributed by atoms with Crippen LogP contribution in [0.4, 0.5) is 4.79 Å². The van der Waals surface area contributed by atoms with Gasteiger partial charge in [0.25, 0.3) is 0 Å². The van der Waals surface area contributed by atoms with Crippen molar-refractivity contribution in [3.8, 4) is 0 Å². The summed E-state index contributed by atoms with van der Waals surface area (Å²) in [5, 5.41) is 5.62. The van der Waals surface area contributed by atoms with Gasteiger partial charge in [0, 0.05) is 12.6 Å². The number of nitrogens with one attached hydrogen (secondary N) is 2. The summed E-state index contributed by atoms with van der Waals surface area (Å²) in [6, 6.07) is 9.52. The zero-order chi connectivity index (χ0) is 18.7. The summed E-state index contributed by atoms with van der Waals surface area (Å²) in [6.07, 6.45) is -0.281. The summed E-state index contributed by atoms with van der Waals surface area (Å²) in [4.78, 5) is 23.8. The fourth-order valence-electron chi connectivity index (χ4n) is 2.34. The zero-order valence-electron chi connectivity index (χ0n) is 15.6. The van der Waals surface area contributed by atoms with E-state index in [1.807, 2.05) is 30.3 Å². The lowest BCUT2D eigenvalue weighted by Crippen LogP contribution is -2.46. The van der Waals surface area contributed by atoms with Crippen LogP contribution in [0.5, 0.6) is 0 Å². The van der Waals surface area contributed by atoms with Gasteiger partial charge in [-0.05, 0) is 31.7 Å². The Morgan fingerprint density at radius 3 is 2.40 bits per heavy atom. The summed E-state index contributed by atoms with van der Waals surface area (Å²) in [5.74, 6) is 0.186. The third kappa shape index (κ3) is 9.10. The molecule has 6 heteroatoms. The summed E-state index contributed by atoms with van der Waals surface area (Å²) in [6.45, 7) is 8.64. The van der Waals surface area contributed by atoms with E-state index in [0.29, 0.717) is 25.7 Å². The highest BCUT2D eigenvalue weighted by Crippen LogP contribution is 2.06. The molecule has 0 aromatic heterocycles. The predicted octanol–water partition coefficient (Wildman–Crippen LogP) is 2.87. The smallest absolute Gasteiger partial charge is 0.407 e. The van der Waals surface area contributed by atoms with E-state index >= 15 is 0 Å². The van der Waals surface area contributed by atoms with Crippen molar-refractivity contribution in [3.05, 3.63) is 35.9 Å². The molecule has 0 radical (unpaired) electrons. The third-order valence-electron chi connectivity index (χ3n) is 3.59. The molecule has 2 amide bonds. The summed E-state index contributed by atoms with van der Waals surface area (Å²) in [7, 11) is 0. The van der Waals surface area contributed by atoms with E-state index in [4.69, 9.17) is 9.47 Å². The Bertz CT molecular complexity index is 519. The highest BCUT2D eigenvalue weighted by Gasteiger charge is 2.18. The minimum absolute atomic E-state index is 0.177. The average molecular weight is 350 g/mol. The number of hydrogen-bond acceptors (Lipinski definition) is 4. The molecule has 0 saturated heterocycles. The Morgan fingerprint density at radius 1 is 1.12 bits per heavy atom. The van der Waals surface area contributed by atoms with Crippen LogP contribution < -0.4 is 10.6 Å². The van der Waals surface area contributed by atoms with Crippen LogP contribution in [0.2, 0.25) is 0 Å². The molecule has 0 spiro atoms. The third-order valence-corrected chi connectivity index (χ3v) is 3.59. The largest absolute Gasteiger partial charge is 0.450 e. The first-order chi connectivity index (χ1) is 11.9. The molecule has 0 unspecified atom stereocenters. The Kier molecular flexibility index (Phi) is 9.62. The summed E-state index contributed by atoms with van der Waals surface area (Å²) < 4.78 is 10.5. The Balaban J connectivity index is 2.42. The van der Waals surface area contributed by atoms with Gasteiger partial charge in [0.1, 0.15) is 6.10 Å². The van der Waals surface area contributed by atoms with Gasteiger partial charge in [-0.3, -0.25) is 4.79 Å². The number of hydrogen-bond donors (Lipinski definition) is 2. The van der Waals surface area contributed by atoms with Crippen LogP contribution in [0.25, 0.3) is 0 Å². The van der Waals surface area contributed by atoms with E-state index in [1.54, 1.807) is 13.8 Å². The maximum atomic E-state index is 12.2. The second-order valence-electron chi connectivity index (χ2n) is 6.38. The van der Waals surface area contributed by atoms with Crippen LogP contribution in [0, 0.1) is 5.92 Å². The number of amides is 2. The lowest BCUT2D eigenvalue weighted by atomic mass is 10.0. The lowest BCUT2D eigenvalue weighted by Gasteiger charge is -2.22. The van der Waals surface area contributed by atoms with Crippen molar-refractivity contribution in [3.63, 3.8) is 0 Å². The maximum Gasteiger partial charge on any atom is 0.407 e. The molecule has 1 aromatic rings. The van der Waals surface area contributed by atoms with Crippen molar-refractivity contribution in [2.24, 2.45) is 5.92 Å². The Labute approximate surface area is 150 Å². The molecule has 2 N–H and O–H groups in total. The summed E-state index contributed by atoms with van der Waals surface area (Å²) in [5.41, 5.74) is 1.02. The van der Waals surface area contributed by atoms with E-state index in [1.165, 1.54) is 0 Å². The maximum absolute atomic E-state index is 12.2. The van der Waals surface area contributed by atoms with Crippen molar-refractivity contribution >= 4 is 12.0 Å². The van der Waals surface area contributed by atoms with Crippen LogP contribution in [0.3, 0.4) is 0 Å². The molecule has 0 aliphatic heterocycles. The molecule has 2 atom stereocenters. The highest BCUT2D eigenvalue weighted by atomic mass is 16.5. The van der Waals surface area contributed by atoms with E-state index in [9.17, 15) is 9.59 Å². The average Bonchev–Trinajstić information content (AvgIpc) is 2.57. The second kappa shape index (κ2) is 11.5. The van der Waals surface area contributed by atoms with E-state index < -0.39 is 12.2 Å². The zero-order valence-corrected chi connectivity index (χ0v) is 15.6. The van der Waals surface area contributed by atoms with Crippen molar-refractivity contribution < 1.29 is 19.1 Å². The van der Waals surface area contributed by atoms with Crippen LogP contribution in [-0.2, 0) is 20.9 Å². The van der Waals surface area contributed by atoms with Crippen LogP contribution >= 0.6 is 0 Å². The van der Waals surface area contributed by atoms with Crippen molar-refractivity contribution in [1.82, 2.24) is 10.6 Å². The number of rotatable bonds is 10. The topological polar surface area (TPSA) is 76.7 Å². The van der Waals surface area contributed by atoms with Crippen molar-refractivity contribution in [2.75, 3.05) is 13.2 Å². The monoisotopic (exact) mass is 350 g/mol. The number of carbonyl (C=O) groups is 2. The Morgan fingerprint density at radius 2 is 1.80 bits per heavy atom. The quantitative estimate of drug-likeness (QED) is 0.680. The van der Waals surface area contributed by atoms with Gasteiger partial charge in [-0.1, -0.05) is 44.2 Å². The number of carbonyl (C=O) groups excluding carboxylic acids is 2. The van der Waals surface area contributed by atoms with Gasteiger partial charge in [-0.15, -0.1) is 0 Å². The normalized spacial score (nSPS) is 13.2. The predicted molar refractivity (Wildman–Crippen MR) is 97.1 cm³/mol. The van der Waals surface area contributed by atoms with Crippen molar-refractivity contribution in [2.45, 2.75) is 52.9 Å². The van der Waals surface area contributed by atoms with Gasteiger partial charge in [0.05, 0.1) is 13.2 Å². The first-order valence-corrected chi connectivity index (χ1v) is 8.78. The van der Waals surface area contributed by atoms with Gasteiger partial charge in [-0.2, -0.15) is 0 Å². The first kappa shape index (κ1) is 21.0.